The minimum atomic E-state index is -4.63. The number of halogens is 5. The van der Waals surface area contributed by atoms with E-state index in [1.807, 2.05) is 0 Å². The topological polar surface area (TPSA) is 91.8 Å². The first-order valence-corrected chi connectivity index (χ1v) is 9.69. The molecule has 2 aromatic heterocycles. The molecule has 0 bridgehead atoms. The molecule has 3 rings (SSSR count). The van der Waals surface area contributed by atoms with Crippen molar-refractivity contribution >= 4 is 11.7 Å². The molecule has 0 fully saturated rings. The van der Waals surface area contributed by atoms with Gasteiger partial charge in [0, 0.05) is 55.3 Å². The van der Waals surface area contributed by atoms with Gasteiger partial charge in [-0.1, -0.05) is 6.07 Å². The molecule has 7 nitrogen and oxygen atoms in total. The van der Waals surface area contributed by atoms with Crippen LogP contribution in [-0.2, 0) is 12.7 Å². The summed E-state index contributed by atoms with van der Waals surface area (Å²) in [5, 5.41) is 8.26. The number of anilines is 1. The summed E-state index contributed by atoms with van der Waals surface area (Å²) in [6.07, 6.45) is -2.84. The first-order valence-electron chi connectivity index (χ1n) is 9.69. The largest absolute Gasteiger partial charge is 0.417 e. The Bertz CT molecular complexity index is 1140. The summed E-state index contributed by atoms with van der Waals surface area (Å²) in [7, 11) is 1.70. The Labute approximate surface area is 185 Å². The average Bonchev–Trinajstić information content (AvgIpc) is 2.78. The van der Waals surface area contributed by atoms with Crippen molar-refractivity contribution in [3.63, 3.8) is 0 Å². The second-order valence-corrected chi connectivity index (χ2v) is 6.87. The number of rotatable bonds is 8. The van der Waals surface area contributed by atoms with Crippen molar-refractivity contribution in [1.29, 1.82) is 0 Å². The van der Waals surface area contributed by atoms with Gasteiger partial charge in [0.1, 0.15) is 23.1 Å². The van der Waals surface area contributed by atoms with Gasteiger partial charge in [-0.05, 0) is 19.2 Å². The van der Waals surface area contributed by atoms with Crippen LogP contribution in [0.4, 0.5) is 27.8 Å². The molecule has 3 N–H and O–H groups in total. The third-order valence-corrected chi connectivity index (χ3v) is 4.42. The van der Waals surface area contributed by atoms with E-state index in [-0.39, 0.29) is 41.6 Å². The van der Waals surface area contributed by atoms with Gasteiger partial charge in [0.15, 0.2) is 5.82 Å². The van der Waals surface area contributed by atoms with Crippen LogP contribution in [0.2, 0.25) is 0 Å². The highest BCUT2D eigenvalue weighted by Crippen LogP contribution is 2.31. The minimum Gasteiger partial charge on any atom is -0.366 e. The van der Waals surface area contributed by atoms with Crippen molar-refractivity contribution in [2.24, 2.45) is 0 Å². The number of carbonyl (C=O) groups excluding carboxylic acids is 1. The molecule has 33 heavy (non-hydrogen) atoms. The van der Waals surface area contributed by atoms with Crippen LogP contribution in [0.5, 0.6) is 0 Å². The predicted octanol–water partition coefficient (Wildman–Crippen LogP) is 3.40. The molecule has 0 saturated carbocycles. The molecule has 0 radical (unpaired) electrons. The van der Waals surface area contributed by atoms with E-state index in [0.29, 0.717) is 12.7 Å². The van der Waals surface area contributed by atoms with Gasteiger partial charge in [0.2, 0.25) is 0 Å². The third kappa shape index (κ3) is 6.42. The van der Waals surface area contributed by atoms with Crippen molar-refractivity contribution < 1.29 is 26.7 Å². The zero-order valence-electron chi connectivity index (χ0n) is 17.3. The second-order valence-electron chi connectivity index (χ2n) is 6.87. The average molecular weight is 466 g/mol. The first kappa shape index (κ1) is 24.0. The molecular formula is C21H19F5N6O. The van der Waals surface area contributed by atoms with E-state index in [2.05, 4.69) is 30.9 Å². The lowest BCUT2D eigenvalue weighted by atomic mass is 10.2. The Morgan fingerprint density at radius 3 is 2.52 bits per heavy atom. The molecule has 0 saturated heterocycles. The Balaban J connectivity index is 1.95. The standard InChI is InChI=1S/C21H19F5N6O/c1-27-4-5-29-20(33)17-8-18(30-10-12-2-3-15(22)7-16(12)23)32-19(31-17)13-6-14(11-28-9-13)21(24,25)26/h2-3,6-9,11,27H,4-5,10H2,1H3,(H,29,33)(H,30,31,32). The molecule has 0 unspecified atom stereocenters. The van der Waals surface area contributed by atoms with E-state index in [0.717, 1.165) is 24.4 Å². The fourth-order valence-corrected chi connectivity index (χ4v) is 2.74. The summed E-state index contributed by atoms with van der Waals surface area (Å²) in [6.45, 7) is 0.643. The number of nitrogens with one attached hydrogen (secondary N) is 3. The Kier molecular flexibility index (Phi) is 7.48. The highest BCUT2D eigenvalue weighted by atomic mass is 19.4. The number of nitrogens with zero attached hydrogens (tertiary/aromatic N) is 3. The van der Waals surface area contributed by atoms with Crippen molar-refractivity contribution in [1.82, 2.24) is 25.6 Å². The number of benzene rings is 1. The molecule has 0 atom stereocenters. The van der Waals surface area contributed by atoms with E-state index in [1.54, 1.807) is 7.05 Å². The van der Waals surface area contributed by atoms with Crippen molar-refractivity contribution in [3.05, 3.63) is 71.2 Å². The first-order chi connectivity index (χ1) is 15.7. The Hall–Kier alpha value is -3.67. The maximum atomic E-state index is 13.9. The number of amides is 1. The fourth-order valence-electron chi connectivity index (χ4n) is 2.74. The molecular weight excluding hydrogens is 447 g/mol. The lowest BCUT2D eigenvalue weighted by Crippen LogP contribution is -2.31. The highest BCUT2D eigenvalue weighted by Gasteiger charge is 2.31. The maximum absolute atomic E-state index is 13.9. The smallest absolute Gasteiger partial charge is 0.366 e. The van der Waals surface area contributed by atoms with Crippen LogP contribution in [0, 0.1) is 11.6 Å². The van der Waals surface area contributed by atoms with Gasteiger partial charge in [-0.3, -0.25) is 9.78 Å². The third-order valence-electron chi connectivity index (χ3n) is 4.42. The maximum Gasteiger partial charge on any atom is 0.417 e. The molecule has 0 aliphatic carbocycles. The zero-order valence-corrected chi connectivity index (χ0v) is 17.3. The summed E-state index contributed by atoms with van der Waals surface area (Å²) in [4.78, 5) is 24.3. The Morgan fingerprint density at radius 2 is 1.82 bits per heavy atom. The number of alkyl halides is 3. The van der Waals surface area contributed by atoms with Crippen LogP contribution in [0.25, 0.3) is 11.4 Å². The lowest BCUT2D eigenvalue weighted by Gasteiger charge is -2.12. The zero-order chi connectivity index (χ0) is 24.0. The summed E-state index contributed by atoms with van der Waals surface area (Å²) in [5.41, 5.74) is -1.06. The van der Waals surface area contributed by atoms with Crippen molar-refractivity contribution in [2.45, 2.75) is 12.7 Å². The number of aromatic nitrogens is 3. The van der Waals surface area contributed by atoms with Gasteiger partial charge in [-0.25, -0.2) is 18.7 Å². The summed E-state index contributed by atoms with van der Waals surface area (Å²) < 4.78 is 66.3. The van der Waals surface area contributed by atoms with Gasteiger partial charge in [-0.2, -0.15) is 13.2 Å². The fraction of sp³-hybridized carbons (Fsp3) is 0.238. The summed E-state index contributed by atoms with van der Waals surface area (Å²) >= 11 is 0. The monoisotopic (exact) mass is 466 g/mol. The van der Waals surface area contributed by atoms with Gasteiger partial charge in [0.05, 0.1) is 5.56 Å². The van der Waals surface area contributed by atoms with E-state index < -0.39 is 29.3 Å². The van der Waals surface area contributed by atoms with E-state index in [9.17, 15) is 26.7 Å². The number of pyridine rings is 1. The van der Waals surface area contributed by atoms with Gasteiger partial charge in [-0.15, -0.1) is 0 Å². The number of carbonyl (C=O) groups is 1. The minimum absolute atomic E-state index is 0.0555. The van der Waals surface area contributed by atoms with Gasteiger partial charge >= 0.3 is 6.18 Å². The molecule has 1 amide bonds. The molecule has 3 aromatic rings. The van der Waals surface area contributed by atoms with Crippen molar-refractivity contribution in [3.8, 4) is 11.4 Å². The van der Waals surface area contributed by atoms with Gasteiger partial charge in [0.25, 0.3) is 5.91 Å². The van der Waals surface area contributed by atoms with E-state index in [4.69, 9.17) is 0 Å². The Morgan fingerprint density at radius 1 is 1.03 bits per heavy atom. The molecule has 174 valence electrons. The van der Waals surface area contributed by atoms with Crippen LogP contribution >= 0.6 is 0 Å². The molecule has 0 aliphatic rings. The summed E-state index contributed by atoms with van der Waals surface area (Å²) in [5.74, 6) is -2.23. The highest BCUT2D eigenvalue weighted by molar-refractivity contribution is 5.93. The van der Waals surface area contributed by atoms with Crippen LogP contribution < -0.4 is 16.0 Å². The SMILES string of the molecule is CNCCNC(=O)c1cc(NCc2ccc(F)cc2F)nc(-c2cncc(C(F)(F)F)c2)n1. The predicted molar refractivity (Wildman–Crippen MR) is 110 cm³/mol. The number of likely N-dealkylation sites (N-methyl/N-ethyl adjacent to an activating group) is 1. The van der Waals surface area contributed by atoms with Crippen LogP contribution in [-0.4, -0.2) is 41.0 Å². The lowest BCUT2D eigenvalue weighted by molar-refractivity contribution is -0.137. The van der Waals surface area contributed by atoms with Gasteiger partial charge < -0.3 is 16.0 Å². The molecule has 1 aromatic carbocycles. The van der Waals surface area contributed by atoms with Crippen molar-refractivity contribution in [2.75, 3.05) is 25.5 Å². The molecule has 0 aliphatic heterocycles. The number of hydrogen-bond donors (Lipinski definition) is 3. The van der Waals surface area contributed by atoms with Crippen LogP contribution in [0.3, 0.4) is 0 Å². The quantitative estimate of drug-likeness (QED) is 0.348. The molecule has 0 spiro atoms. The number of hydrogen-bond acceptors (Lipinski definition) is 6. The summed E-state index contributed by atoms with van der Waals surface area (Å²) in [6, 6.07) is 5.13. The second kappa shape index (κ2) is 10.3. The van der Waals surface area contributed by atoms with E-state index in [1.165, 1.54) is 12.1 Å². The molecule has 2 heterocycles. The normalized spacial score (nSPS) is 11.3. The van der Waals surface area contributed by atoms with E-state index >= 15 is 0 Å². The molecule has 12 heteroatoms. The van der Waals surface area contributed by atoms with Crippen LogP contribution in [0.1, 0.15) is 21.6 Å². The van der Waals surface area contributed by atoms with Crippen LogP contribution in [0.15, 0.2) is 42.7 Å².